The first-order valence-electron chi connectivity index (χ1n) is 8.24. The zero-order chi connectivity index (χ0) is 19.1. The van der Waals surface area contributed by atoms with Crippen LogP contribution in [0.3, 0.4) is 0 Å². The summed E-state index contributed by atoms with van der Waals surface area (Å²) in [7, 11) is 1.40. The Bertz CT molecular complexity index is 948. The van der Waals surface area contributed by atoms with E-state index in [9.17, 15) is 9.90 Å². The number of carboxylic acids is 1. The molecule has 5 heteroatoms. The number of para-hydroxylation sites is 2. The highest BCUT2D eigenvalue weighted by Crippen LogP contribution is 2.32. The Morgan fingerprint density at radius 3 is 2.15 bits per heavy atom. The minimum absolute atomic E-state index is 0.00444. The van der Waals surface area contributed by atoms with Gasteiger partial charge in [0.2, 0.25) is 0 Å². The fourth-order valence-corrected chi connectivity index (χ4v) is 2.48. The molecule has 0 unspecified atom stereocenters. The van der Waals surface area contributed by atoms with Crippen molar-refractivity contribution in [1.29, 1.82) is 0 Å². The van der Waals surface area contributed by atoms with Crippen LogP contribution in [0.2, 0.25) is 0 Å². The van der Waals surface area contributed by atoms with Crippen molar-refractivity contribution < 1.29 is 24.1 Å². The van der Waals surface area contributed by atoms with Gasteiger partial charge in [0.05, 0.1) is 13.4 Å². The molecule has 3 rings (SSSR count). The Kier molecular flexibility index (Phi) is 5.74. The van der Waals surface area contributed by atoms with Crippen LogP contribution in [0, 0.1) is 0 Å². The number of hydrogen-bond acceptors (Lipinski definition) is 4. The topological polar surface area (TPSA) is 65.0 Å². The second kappa shape index (κ2) is 8.58. The first-order valence-corrected chi connectivity index (χ1v) is 8.24. The highest BCUT2D eigenvalue weighted by Gasteiger charge is 2.16. The summed E-state index contributed by atoms with van der Waals surface area (Å²) >= 11 is 0. The smallest absolute Gasteiger partial charge is 0.339 e. The maximum atomic E-state index is 11.5. The van der Waals surface area contributed by atoms with Crippen LogP contribution in [0.5, 0.6) is 23.0 Å². The van der Waals surface area contributed by atoms with Gasteiger partial charge in [-0.25, -0.2) is 4.79 Å². The predicted molar refractivity (Wildman–Crippen MR) is 102 cm³/mol. The van der Waals surface area contributed by atoms with Crippen molar-refractivity contribution in [2.75, 3.05) is 7.11 Å². The number of hydrogen-bond donors (Lipinski definition) is 1. The van der Waals surface area contributed by atoms with Crippen molar-refractivity contribution >= 4 is 11.5 Å². The van der Waals surface area contributed by atoms with E-state index < -0.39 is 5.97 Å². The molecule has 0 aliphatic rings. The van der Waals surface area contributed by atoms with Crippen molar-refractivity contribution in [3.8, 4) is 23.0 Å². The number of carboxylic acid groups (broad SMARTS) is 1. The molecule has 0 saturated carbocycles. The molecule has 0 fully saturated rings. The largest absolute Gasteiger partial charge is 0.503 e. The van der Waals surface area contributed by atoms with E-state index >= 15 is 0 Å². The molecule has 0 aromatic heterocycles. The summed E-state index contributed by atoms with van der Waals surface area (Å²) in [5.41, 5.74) is 0.422. The van der Waals surface area contributed by atoms with Gasteiger partial charge in [-0.15, -0.1) is 0 Å². The number of aliphatic carboxylic acids is 1. The lowest BCUT2D eigenvalue weighted by Crippen LogP contribution is -2.02. The summed E-state index contributed by atoms with van der Waals surface area (Å²) in [6, 6.07) is 23.4. The third-order valence-electron chi connectivity index (χ3n) is 3.66. The molecule has 0 bridgehead atoms. The predicted octanol–water partition coefficient (Wildman–Crippen LogP) is 5.34. The van der Waals surface area contributed by atoms with Crippen LogP contribution < -0.4 is 9.47 Å². The number of benzene rings is 3. The molecule has 0 spiro atoms. The van der Waals surface area contributed by atoms with Crippen LogP contribution >= 0.6 is 0 Å². The van der Waals surface area contributed by atoms with Gasteiger partial charge in [-0.1, -0.05) is 42.5 Å². The molecule has 5 nitrogen and oxygen atoms in total. The van der Waals surface area contributed by atoms with Gasteiger partial charge >= 0.3 is 5.97 Å². The Hall–Kier alpha value is -3.73. The highest BCUT2D eigenvalue weighted by molar-refractivity contribution is 6.15. The Morgan fingerprint density at radius 2 is 1.44 bits per heavy atom. The molecule has 0 aliphatic heterocycles. The van der Waals surface area contributed by atoms with Gasteiger partial charge in [-0.2, -0.15) is 0 Å². The van der Waals surface area contributed by atoms with Gasteiger partial charge < -0.3 is 19.3 Å². The molecule has 0 radical (unpaired) electrons. The van der Waals surface area contributed by atoms with Crippen molar-refractivity contribution in [3.63, 3.8) is 0 Å². The third-order valence-corrected chi connectivity index (χ3v) is 3.66. The van der Waals surface area contributed by atoms with Crippen molar-refractivity contribution in [1.82, 2.24) is 0 Å². The van der Waals surface area contributed by atoms with Crippen LogP contribution in [0.1, 0.15) is 5.56 Å². The zero-order valence-corrected chi connectivity index (χ0v) is 14.7. The molecule has 3 aromatic carbocycles. The Morgan fingerprint density at radius 1 is 0.815 bits per heavy atom. The average Bonchev–Trinajstić information content (AvgIpc) is 2.68. The molecule has 3 aromatic rings. The SMILES string of the molecule is COC=C(C(=O)O)c1ccccc1Oc1cccc(Oc2ccccc2)c1. The van der Waals surface area contributed by atoms with E-state index in [1.54, 1.807) is 42.5 Å². The zero-order valence-electron chi connectivity index (χ0n) is 14.7. The number of carbonyl (C=O) groups is 1. The van der Waals surface area contributed by atoms with Crippen LogP contribution in [0.25, 0.3) is 5.57 Å². The van der Waals surface area contributed by atoms with Crippen LogP contribution in [0.4, 0.5) is 0 Å². The van der Waals surface area contributed by atoms with Gasteiger partial charge in [0.1, 0.15) is 28.6 Å². The molecule has 0 amide bonds. The van der Waals surface area contributed by atoms with E-state index in [1.165, 1.54) is 13.4 Å². The lowest BCUT2D eigenvalue weighted by molar-refractivity contribution is -0.130. The van der Waals surface area contributed by atoms with Gasteiger partial charge in [0.25, 0.3) is 0 Å². The van der Waals surface area contributed by atoms with E-state index in [0.29, 0.717) is 28.6 Å². The lowest BCUT2D eigenvalue weighted by Gasteiger charge is -2.13. The van der Waals surface area contributed by atoms with Crippen molar-refractivity contribution in [3.05, 3.63) is 90.7 Å². The standard InChI is InChI=1S/C22H18O5/c1-25-15-20(22(23)24)19-12-5-6-13-21(19)27-18-11-7-10-17(14-18)26-16-8-3-2-4-9-16/h2-15H,1H3,(H,23,24). The normalized spacial score (nSPS) is 10.9. The van der Waals surface area contributed by atoms with Crippen LogP contribution in [0.15, 0.2) is 85.1 Å². The fourth-order valence-electron chi connectivity index (χ4n) is 2.48. The summed E-state index contributed by atoms with van der Waals surface area (Å²) in [5.74, 6) is 1.15. The second-order valence-corrected chi connectivity index (χ2v) is 5.56. The Balaban J connectivity index is 1.87. The van der Waals surface area contributed by atoms with E-state index in [4.69, 9.17) is 14.2 Å². The van der Waals surface area contributed by atoms with E-state index in [-0.39, 0.29) is 5.57 Å². The van der Waals surface area contributed by atoms with Crippen molar-refractivity contribution in [2.45, 2.75) is 0 Å². The maximum Gasteiger partial charge on any atom is 0.339 e. The monoisotopic (exact) mass is 362 g/mol. The minimum Gasteiger partial charge on any atom is -0.503 e. The highest BCUT2D eigenvalue weighted by atomic mass is 16.5. The first kappa shape index (κ1) is 18.1. The number of ether oxygens (including phenoxy) is 3. The van der Waals surface area contributed by atoms with E-state index in [2.05, 4.69) is 0 Å². The molecular formula is C22H18O5. The van der Waals surface area contributed by atoms with Gasteiger partial charge in [-0.05, 0) is 30.3 Å². The molecule has 0 saturated heterocycles. The van der Waals surface area contributed by atoms with Gasteiger partial charge in [0, 0.05) is 11.6 Å². The molecule has 0 atom stereocenters. The number of rotatable bonds is 7. The van der Waals surface area contributed by atoms with Crippen LogP contribution in [-0.4, -0.2) is 18.2 Å². The molecule has 27 heavy (non-hydrogen) atoms. The average molecular weight is 362 g/mol. The van der Waals surface area contributed by atoms with Gasteiger partial charge in [0.15, 0.2) is 0 Å². The van der Waals surface area contributed by atoms with Crippen molar-refractivity contribution in [2.24, 2.45) is 0 Å². The molecular weight excluding hydrogens is 344 g/mol. The quantitative estimate of drug-likeness (QED) is 0.454. The summed E-state index contributed by atoms with van der Waals surface area (Å²) < 4.78 is 16.6. The summed E-state index contributed by atoms with van der Waals surface area (Å²) in [5, 5.41) is 9.43. The molecule has 1 N–H and O–H groups in total. The molecule has 0 heterocycles. The summed E-state index contributed by atoms with van der Waals surface area (Å²) in [6.45, 7) is 0. The maximum absolute atomic E-state index is 11.5. The third kappa shape index (κ3) is 4.67. The van der Waals surface area contributed by atoms with Crippen LogP contribution in [-0.2, 0) is 9.53 Å². The molecule has 0 aliphatic carbocycles. The fraction of sp³-hybridized carbons (Fsp3) is 0.0455. The van der Waals surface area contributed by atoms with E-state index in [1.807, 2.05) is 36.4 Å². The van der Waals surface area contributed by atoms with E-state index in [0.717, 1.165) is 0 Å². The van der Waals surface area contributed by atoms with Gasteiger partial charge in [-0.3, -0.25) is 0 Å². The number of methoxy groups -OCH3 is 1. The second-order valence-electron chi connectivity index (χ2n) is 5.56. The molecule has 136 valence electrons. The lowest BCUT2D eigenvalue weighted by atomic mass is 10.1. The Labute approximate surface area is 157 Å². The summed E-state index contributed by atoms with van der Waals surface area (Å²) in [6.07, 6.45) is 1.18. The first-order chi connectivity index (χ1) is 13.2. The minimum atomic E-state index is -1.10. The summed E-state index contributed by atoms with van der Waals surface area (Å²) in [4.78, 5) is 11.5.